The fourth-order valence-corrected chi connectivity index (χ4v) is 16.0. The third kappa shape index (κ3) is 9.45. The summed E-state index contributed by atoms with van der Waals surface area (Å²) in [6, 6.07) is 0. The maximum absolute atomic E-state index is 12.1. The van der Waals surface area contributed by atoms with Crippen molar-refractivity contribution >= 4 is 0 Å². The minimum Gasteiger partial charge on any atom is -0.394 e. The van der Waals surface area contributed by atoms with Gasteiger partial charge in [0, 0.05) is 12.3 Å². The van der Waals surface area contributed by atoms with Crippen LogP contribution in [0.3, 0.4) is 0 Å². The lowest BCUT2D eigenvalue weighted by Gasteiger charge is -2.63. The zero-order chi connectivity index (χ0) is 53.1. The number of hydrogen-bond donors (Lipinski definition) is 14. The summed E-state index contributed by atoms with van der Waals surface area (Å²) in [5.41, 5.74) is -0.460. The van der Waals surface area contributed by atoms with Gasteiger partial charge in [-0.15, -0.1) is 0 Å². The topological polar surface area (TPSA) is 376 Å². The van der Waals surface area contributed by atoms with Crippen LogP contribution in [0.4, 0.5) is 0 Å². The third-order valence-electron chi connectivity index (χ3n) is 20.0. The molecule has 426 valence electrons. The van der Waals surface area contributed by atoms with E-state index in [0.717, 1.165) is 32.1 Å². The van der Waals surface area contributed by atoms with Gasteiger partial charge < -0.3 is 119 Å². The van der Waals surface area contributed by atoms with Gasteiger partial charge in [0.15, 0.2) is 30.9 Å². The van der Waals surface area contributed by atoms with Gasteiger partial charge in [-0.3, -0.25) is 0 Å². The van der Waals surface area contributed by atoms with E-state index in [1.54, 1.807) is 0 Å². The molecule has 10 fully saturated rings. The molecule has 5 unspecified atom stereocenters. The number of hydrogen-bond acceptors (Lipinski definition) is 24. The molecule has 4 saturated carbocycles. The smallest absolute Gasteiger partial charge is 0.187 e. The number of aliphatic hydroxyl groups is 14. The summed E-state index contributed by atoms with van der Waals surface area (Å²) in [7, 11) is 0. The van der Waals surface area contributed by atoms with Gasteiger partial charge in [0.1, 0.15) is 91.6 Å². The highest BCUT2D eigenvalue weighted by Gasteiger charge is 2.70. The Morgan fingerprint density at radius 3 is 1.81 bits per heavy atom. The predicted octanol–water partition coefficient (Wildman–Crippen LogP) is -4.33. The molecular weight excluding hydrogens is 985 g/mol. The summed E-state index contributed by atoms with van der Waals surface area (Å²) in [5, 5.41) is 153. The first kappa shape index (κ1) is 56.3. The van der Waals surface area contributed by atoms with Crippen LogP contribution in [0.15, 0.2) is 0 Å². The van der Waals surface area contributed by atoms with Crippen molar-refractivity contribution in [3.8, 4) is 0 Å². The number of aliphatic hydroxyl groups excluding tert-OH is 14. The molecule has 33 atom stereocenters. The summed E-state index contributed by atoms with van der Waals surface area (Å²) in [4.78, 5) is 0. The van der Waals surface area contributed by atoms with Crippen LogP contribution in [0.25, 0.3) is 0 Å². The highest BCUT2D eigenvalue weighted by atomic mass is 16.8. The molecule has 0 aromatic rings. The van der Waals surface area contributed by atoms with Gasteiger partial charge in [-0.05, 0) is 91.3 Å². The van der Waals surface area contributed by atoms with Crippen molar-refractivity contribution < 1.29 is 119 Å². The molecule has 6 aliphatic heterocycles. The number of fused-ring (bicyclic) bond motifs is 7. The molecule has 10 rings (SSSR count). The Morgan fingerprint density at radius 2 is 1.12 bits per heavy atom. The lowest BCUT2D eigenvalue weighted by molar-refractivity contribution is -0.404. The molecule has 10 aliphatic rings. The third-order valence-corrected chi connectivity index (χ3v) is 20.0. The van der Waals surface area contributed by atoms with E-state index < -0.39 is 173 Å². The standard InChI is InChI=1S/C50H82O24/c1-18-5-8-50(66-16-18)19(2)32-28(74-50)10-22-20-9-24(54)23-11-27(25(55)12-49(23,4)21(20)6-7-48(22,32)3)67-45-40(64)37(61)41(31(15-53)70-45)71-47-43(73-46-39(63)36(60)34(58)29(13-51)68-46)42(35(59)30(14-52)69-47)72-44-38(62)33(57)26(56)17-65-44/h18-47,51-64H,5-17H2,1-4H3/t18?,19-,20?,21?,22?,23?,24+,25+,26+,27+,28-,29+,30+,31+,32-,33-,34+,35+,36-,37+,38+,39+,40+,41-,42-,43+,44-,45+,46-,47-,48-,49+,50+/m0/s1. The summed E-state index contributed by atoms with van der Waals surface area (Å²) < 4.78 is 60.9. The van der Waals surface area contributed by atoms with Crippen molar-refractivity contribution in [3.63, 3.8) is 0 Å². The quantitative estimate of drug-likeness (QED) is 0.0870. The molecule has 1 spiro atoms. The van der Waals surface area contributed by atoms with Gasteiger partial charge in [-0.25, -0.2) is 0 Å². The van der Waals surface area contributed by atoms with E-state index in [1.807, 2.05) is 0 Å². The van der Waals surface area contributed by atoms with E-state index in [1.165, 1.54) is 0 Å². The van der Waals surface area contributed by atoms with Crippen molar-refractivity contribution in [2.45, 2.75) is 226 Å². The first-order valence-corrected chi connectivity index (χ1v) is 26.9. The molecule has 24 nitrogen and oxygen atoms in total. The zero-order valence-corrected chi connectivity index (χ0v) is 42.4. The Morgan fingerprint density at radius 1 is 0.500 bits per heavy atom. The number of ether oxygens (including phenoxy) is 10. The highest BCUT2D eigenvalue weighted by molar-refractivity contribution is 5.17. The van der Waals surface area contributed by atoms with Crippen molar-refractivity contribution in [2.75, 3.05) is 33.0 Å². The minimum atomic E-state index is -2.04. The average Bonchev–Trinajstić information content (AvgIpc) is 3.82. The second kappa shape index (κ2) is 21.5. The molecule has 0 amide bonds. The van der Waals surface area contributed by atoms with Crippen LogP contribution < -0.4 is 0 Å². The molecule has 24 heteroatoms. The molecule has 0 aromatic heterocycles. The molecule has 0 bridgehead atoms. The summed E-state index contributed by atoms with van der Waals surface area (Å²) in [6.07, 6.45) is -31.1. The largest absolute Gasteiger partial charge is 0.394 e. The SMILES string of the molecule is CC1CC[C@@]2(OC1)O[C@H]1CC3C4C[C@@H](O)C5C[C@@H](O[C@@H]6O[C@H](CO)[C@H](O[C@@H]7O[C@H](CO)[C@@H](O)[C@H](O[C@@H]8OC[C@@H](O)[C@H](O)[C@H]8O)[C@H]7O[C@@H]7O[C@H](CO)[C@@H](O)[C@H](O)[C@H]7O)[C@H](O)[C@H]6O)[C@H](O)C[C@]5(C)C4CC[C@]3(C)[C@H]1[C@@H]2C. The Hall–Kier alpha value is -0.960. The summed E-state index contributed by atoms with van der Waals surface area (Å²) in [5.74, 6) is 0.989. The predicted molar refractivity (Wildman–Crippen MR) is 245 cm³/mol. The van der Waals surface area contributed by atoms with Crippen LogP contribution in [-0.4, -0.2) is 251 Å². The average molecular weight is 1070 g/mol. The van der Waals surface area contributed by atoms with Gasteiger partial charge in [-0.2, -0.15) is 0 Å². The summed E-state index contributed by atoms with van der Waals surface area (Å²) >= 11 is 0. The molecule has 0 aromatic carbocycles. The lowest BCUT2D eigenvalue weighted by atomic mass is 9.43. The van der Waals surface area contributed by atoms with E-state index in [4.69, 9.17) is 47.4 Å². The monoisotopic (exact) mass is 1070 g/mol. The van der Waals surface area contributed by atoms with Crippen molar-refractivity contribution in [1.82, 2.24) is 0 Å². The van der Waals surface area contributed by atoms with E-state index >= 15 is 0 Å². The first-order valence-electron chi connectivity index (χ1n) is 26.9. The number of rotatable bonds is 11. The molecule has 4 aliphatic carbocycles. The van der Waals surface area contributed by atoms with Crippen molar-refractivity contribution in [1.29, 1.82) is 0 Å². The minimum absolute atomic E-state index is 0.00497. The van der Waals surface area contributed by atoms with Gasteiger partial charge in [0.25, 0.3) is 0 Å². The van der Waals surface area contributed by atoms with Crippen LogP contribution in [-0.2, 0) is 47.4 Å². The van der Waals surface area contributed by atoms with E-state index in [9.17, 15) is 71.5 Å². The van der Waals surface area contributed by atoms with Crippen LogP contribution in [0.2, 0.25) is 0 Å². The Kier molecular flexibility index (Phi) is 16.4. The van der Waals surface area contributed by atoms with Crippen LogP contribution >= 0.6 is 0 Å². The fraction of sp³-hybridized carbons (Fsp3) is 1.00. The van der Waals surface area contributed by atoms with Crippen LogP contribution in [0.5, 0.6) is 0 Å². The fourth-order valence-electron chi connectivity index (χ4n) is 16.0. The second-order valence-corrected chi connectivity index (χ2v) is 24.2. The molecular formula is C50H82O24. The maximum Gasteiger partial charge on any atom is 0.187 e. The zero-order valence-electron chi connectivity index (χ0n) is 42.4. The van der Waals surface area contributed by atoms with Gasteiger partial charge >= 0.3 is 0 Å². The van der Waals surface area contributed by atoms with E-state index in [-0.39, 0.29) is 48.0 Å². The van der Waals surface area contributed by atoms with Crippen molar-refractivity contribution in [3.05, 3.63) is 0 Å². The van der Waals surface area contributed by atoms with E-state index in [0.29, 0.717) is 30.8 Å². The Labute approximate surface area is 429 Å². The van der Waals surface area contributed by atoms with E-state index in [2.05, 4.69) is 27.7 Å². The second-order valence-electron chi connectivity index (χ2n) is 24.2. The van der Waals surface area contributed by atoms with Crippen LogP contribution in [0.1, 0.15) is 79.1 Å². The Bertz CT molecular complexity index is 1900. The molecule has 14 N–H and O–H groups in total. The Balaban J connectivity index is 0.834. The van der Waals surface area contributed by atoms with Crippen molar-refractivity contribution in [2.24, 2.45) is 52.3 Å². The van der Waals surface area contributed by atoms with Gasteiger partial charge in [0.05, 0.1) is 57.5 Å². The highest BCUT2D eigenvalue weighted by Crippen LogP contribution is 2.71. The molecule has 0 radical (unpaired) electrons. The van der Waals surface area contributed by atoms with Crippen LogP contribution in [0, 0.1) is 52.3 Å². The molecule has 6 heterocycles. The normalized spacial score (nSPS) is 58.6. The maximum atomic E-state index is 12.1. The van der Waals surface area contributed by atoms with Gasteiger partial charge in [0.2, 0.25) is 0 Å². The summed E-state index contributed by atoms with van der Waals surface area (Å²) in [6.45, 7) is 6.60. The molecule has 74 heavy (non-hydrogen) atoms. The lowest BCUT2D eigenvalue weighted by Crippen LogP contribution is -2.68. The first-order chi connectivity index (χ1) is 35.1. The molecule has 6 saturated heterocycles. The van der Waals surface area contributed by atoms with Gasteiger partial charge in [-0.1, -0.05) is 27.7 Å².